The Morgan fingerprint density at radius 1 is 1.27 bits per heavy atom. The molecule has 0 radical (unpaired) electrons. The Morgan fingerprint density at radius 3 is 2.62 bits per heavy atom. The molecule has 138 valence electrons. The van der Waals surface area contributed by atoms with Crippen molar-refractivity contribution in [2.45, 2.75) is 39.4 Å². The van der Waals surface area contributed by atoms with Gasteiger partial charge in [-0.2, -0.15) is 0 Å². The minimum Gasteiger partial charge on any atom is -0.326 e. The summed E-state index contributed by atoms with van der Waals surface area (Å²) in [5.74, 6) is 0.161. The molecule has 3 rings (SSSR count). The first-order chi connectivity index (χ1) is 12.5. The second kappa shape index (κ2) is 7.91. The number of carbonyl (C=O) groups is 1. The molecule has 1 aromatic heterocycles. The molecule has 1 aromatic carbocycles. The Balaban J connectivity index is 1.61. The number of aromatic amines is 1. The van der Waals surface area contributed by atoms with Crippen LogP contribution in [0.4, 0.5) is 4.39 Å². The van der Waals surface area contributed by atoms with Gasteiger partial charge in [-0.05, 0) is 37.1 Å². The lowest BCUT2D eigenvalue weighted by atomic mass is 9.74. The number of likely N-dealkylation sites (tertiary alicyclic amines) is 1. The molecule has 5 nitrogen and oxygen atoms in total. The third kappa shape index (κ3) is 4.07. The summed E-state index contributed by atoms with van der Waals surface area (Å²) < 4.78 is 13.1. The van der Waals surface area contributed by atoms with Crippen LogP contribution < -0.4 is 5.56 Å². The maximum atomic E-state index is 13.1. The molecule has 0 aliphatic carbocycles. The van der Waals surface area contributed by atoms with Crippen LogP contribution in [0.1, 0.15) is 36.6 Å². The van der Waals surface area contributed by atoms with E-state index in [4.69, 9.17) is 0 Å². The zero-order valence-electron chi connectivity index (χ0n) is 15.0. The summed E-state index contributed by atoms with van der Waals surface area (Å²) in [7, 11) is 0. The number of benzene rings is 1. The highest BCUT2D eigenvalue weighted by Gasteiger charge is 2.36. The first-order valence-corrected chi connectivity index (χ1v) is 8.93. The Morgan fingerprint density at radius 2 is 1.96 bits per heavy atom. The van der Waals surface area contributed by atoms with E-state index in [0.717, 1.165) is 31.5 Å². The van der Waals surface area contributed by atoms with Gasteiger partial charge in [0.1, 0.15) is 18.2 Å². The summed E-state index contributed by atoms with van der Waals surface area (Å²) in [5.41, 5.74) is 1.30. The molecule has 0 saturated carbocycles. The normalized spacial score (nSPS) is 17.2. The molecule has 1 aliphatic rings. The number of carbonyl (C=O) groups excluding carboxylic acids is 1. The SMILES string of the molecule is CC1(C(=O)Cc2ccccc2CF)CCN(Cc2ncc[nH]c2=O)CC1. The molecule has 6 heteroatoms. The fourth-order valence-electron chi connectivity index (χ4n) is 3.44. The Kier molecular flexibility index (Phi) is 5.61. The number of halogens is 1. The molecular weight excluding hydrogens is 333 g/mol. The van der Waals surface area contributed by atoms with Crippen molar-refractivity contribution in [3.8, 4) is 0 Å². The Bertz CT molecular complexity index is 826. The molecule has 0 bridgehead atoms. The van der Waals surface area contributed by atoms with Gasteiger partial charge in [0.15, 0.2) is 0 Å². The number of rotatable bonds is 6. The average Bonchev–Trinajstić information content (AvgIpc) is 2.66. The lowest BCUT2D eigenvalue weighted by Crippen LogP contribution is -2.43. The first kappa shape index (κ1) is 18.5. The molecule has 26 heavy (non-hydrogen) atoms. The van der Waals surface area contributed by atoms with Crippen molar-refractivity contribution in [1.82, 2.24) is 14.9 Å². The molecule has 1 N–H and O–H groups in total. The minimum absolute atomic E-state index is 0.161. The van der Waals surface area contributed by atoms with Crippen LogP contribution in [0.2, 0.25) is 0 Å². The second-order valence-electron chi connectivity index (χ2n) is 7.20. The predicted octanol–water partition coefficient (Wildman–Crippen LogP) is 2.65. The summed E-state index contributed by atoms with van der Waals surface area (Å²) in [4.78, 5) is 33.5. The van der Waals surface area contributed by atoms with Crippen LogP contribution in [0.5, 0.6) is 0 Å². The van der Waals surface area contributed by atoms with Crippen LogP contribution in [0.3, 0.4) is 0 Å². The predicted molar refractivity (Wildman–Crippen MR) is 97.4 cm³/mol. The lowest BCUT2D eigenvalue weighted by molar-refractivity contribution is -0.129. The highest BCUT2D eigenvalue weighted by atomic mass is 19.1. The maximum Gasteiger partial charge on any atom is 0.270 e. The number of nitrogens with zero attached hydrogens (tertiary/aromatic N) is 2. The number of aromatic nitrogens is 2. The molecule has 0 spiro atoms. The molecule has 1 fully saturated rings. The van der Waals surface area contributed by atoms with Gasteiger partial charge in [-0.1, -0.05) is 31.2 Å². The minimum atomic E-state index is -0.549. The molecule has 0 unspecified atom stereocenters. The number of Topliss-reactive ketones (excluding diaryl/α,β-unsaturated/α-hetero) is 1. The number of alkyl halides is 1. The third-order valence-electron chi connectivity index (χ3n) is 5.40. The standard InChI is InChI=1S/C20H24FN3O2/c1-20(18(25)12-15-4-2-3-5-16(15)13-21)6-10-24(11-7-20)14-17-19(26)23-9-8-22-17/h2-5,8-9H,6-7,10-14H2,1H3,(H,23,26). The molecule has 2 heterocycles. The van der Waals surface area contributed by atoms with Crippen LogP contribution in [0.25, 0.3) is 0 Å². The molecule has 1 aliphatic heterocycles. The van der Waals surface area contributed by atoms with E-state index >= 15 is 0 Å². The summed E-state index contributed by atoms with van der Waals surface area (Å²) in [5, 5.41) is 0. The van der Waals surface area contributed by atoms with Crippen molar-refractivity contribution < 1.29 is 9.18 Å². The fourth-order valence-corrected chi connectivity index (χ4v) is 3.44. The Hall–Kier alpha value is -2.34. The second-order valence-corrected chi connectivity index (χ2v) is 7.20. The van der Waals surface area contributed by atoms with Gasteiger partial charge in [0.05, 0.1) is 0 Å². The van der Waals surface area contributed by atoms with Gasteiger partial charge >= 0.3 is 0 Å². The lowest BCUT2D eigenvalue weighted by Gasteiger charge is -2.38. The summed E-state index contributed by atoms with van der Waals surface area (Å²) >= 11 is 0. The molecule has 0 atom stereocenters. The van der Waals surface area contributed by atoms with Crippen molar-refractivity contribution in [2.24, 2.45) is 5.41 Å². The van der Waals surface area contributed by atoms with Gasteiger partial charge < -0.3 is 4.98 Å². The number of hydrogen-bond donors (Lipinski definition) is 1. The van der Waals surface area contributed by atoms with E-state index in [2.05, 4.69) is 14.9 Å². The van der Waals surface area contributed by atoms with E-state index in [-0.39, 0.29) is 17.8 Å². The fraction of sp³-hybridized carbons (Fsp3) is 0.450. The molecule has 2 aromatic rings. The van der Waals surface area contributed by atoms with Crippen molar-refractivity contribution in [3.05, 3.63) is 63.8 Å². The van der Waals surface area contributed by atoms with E-state index in [9.17, 15) is 14.0 Å². The summed E-state index contributed by atoms with van der Waals surface area (Å²) in [6.45, 7) is 3.42. The average molecular weight is 357 g/mol. The smallest absolute Gasteiger partial charge is 0.270 e. The number of H-pyrrole nitrogens is 1. The van der Waals surface area contributed by atoms with E-state index < -0.39 is 12.1 Å². The van der Waals surface area contributed by atoms with E-state index in [1.54, 1.807) is 18.3 Å². The number of ketones is 1. The van der Waals surface area contributed by atoms with Crippen LogP contribution in [0, 0.1) is 5.41 Å². The molecular formula is C20H24FN3O2. The molecule has 1 saturated heterocycles. The van der Waals surface area contributed by atoms with Gasteiger partial charge in [-0.3, -0.25) is 19.5 Å². The van der Waals surface area contributed by atoms with E-state index in [1.807, 2.05) is 19.1 Å². The highest BCUT2D eigenvalue weighted by molar-refractivity contribution is 5.86. The monoisotopic (exact) mass is 357 g/mol. The number of piperidine rings is 1. The number of nitrogens with one attached hydrogen (secondary N) is 1. The van der Waals surface area contributed by atoms with Crippen molar-refractivity contribution in [3.63, 3.8) is 0 Å². The maximum absolute atomic E-state index is 13.1. The van der Waals surface area contributed by atoms with Gasteiger partial charge in [0.2, 0.25) is 0 Å². The van der Waals surface area contributed by atoms with Crippen molar-refractivity contribution in [2.75, 3.05) is 13.1 Å². The Labute approximate surface area is 152 Å². The highest BCUT2D eigenvalue weighted by Crippen LogP contribution is 2.33. The van der Waals surface area contributed by atoms with Crippen LogP contribution in [-0.2, 0) is 24.4 Å². The van der Waals surface area contributed by atoms with Crippen LogP contribution >= 0.6 is 0 Å². The largest absolute Gasteiger partial charge is 0.326 e. The van der Waals surface area contributed by atoms with Crippen molar-refractivity contribution >= 4 is 5.78 Å². The zero-order valence-corrected chi connectivity index (χ0v) is 15.0. The van der Waals surface area contributed by atoms with Crippen molar-refractivity contribution in [1.29, 1.82) is 0 Å². The zero-order chi connectivity index (χ0) is 18.6. The van der Waals surface area contributed by atoms with Crippen LogP contribution in [-0.4, -0.2) is 33.7 Å². The quantitative estimate of drug-likeness (QED) is 0.863. The van der Waals surface area contributed by atoms with Gasteiger partial charge in [0.25, 0.3) is 5.56 Å². The van der Waals surface area contributed by atoms with Crippen LogP contribution in [0.15, 0.2) is 41.5 Å². The molecule has 0 amide bonds. The van der Waals surface area contributed by atoms with Gasteiger partial charge in [-0.25, -0.2) is 4.39 Å². The van der Waals surface area contributed by atoms with E-state index in [0.29, 0.717) is 17.8 Å². The summed E-state index contributed by atoms with van der Waals surface area (Å²) in [6, 6.07) is 7.20. The number of hydrogen-bond acceptors (Lipinski definition) is 4. The van der Waals surface area contributed by atoms with Gasteiger partial charge in [0, 0.05) is 30.8 Å². The van der Waals surface area contributed by atoms with E-state index in [1.165, 1.54) is 6.20 Å². The third-order valence-corrected chi connectivity index (χ3v) is 5.40. The topological polar surface area (TPSA) is 66.1 Å². The summed E-state index contributed by atoms with van der Waals surface area (Å²) in [6.07, 6.45) is 4.84. The first-order valence-electron chi connectivity index (χ1n) is 8.93. The van der Waals surface area contributed by atoms with Gasteiger partial charge in [-0.15, -0.1) is 0 Å².